The summed E-state index contributed by atoms with van der Waals surface area (Å²) >= 11 is 1.54. The highest BCUT2D eigenvalue weighted by Crippen LogP contribution is 2.41. The molecule has 1 N–H and O–H groups in total. The van der Waals surface area contributed by atoms with Crippen LogP contribution in [0.2, 0.25) is 0 Å². The maximum Gasteiger partial charge on any atom is 0.227 e. The number of amides is 2. The van der Waals surface area contributed by atoms with Gasteiger partial charge in [-0.05, 0) is 49.8 Å². The minimum Gasteiger partial charge on any atom is -0.352 e. The van der Waals surface area contributed by atoms with Crippen molar-refractivity contribution in [3.63, 3.8) is 0 Å². The molecule has 1 aromatic heterocycles. The molecule has 172 valence electrons. The molecule has 2 saturated heterocycles. The number of rotatable bonds is 5. The molecule has 4 rings (SSSR count). The van der Waals surface area contributed by atoms with E-state index in [9.17, 15) is 18.0 Å². The summed E-state index contributed by atoms with van der Waals surface area (Å²) in [5.41, 5.74) is 1.89. The fourth-order valence-corrected chi connectivity index (χ4v) is 6.42. The van der Waals surface area contributed by atoms with E-state index in [4.69, 9.17) is 0 Å². The molecule has 2 aromatic rings. The van der Waals surface area contributed by atoms with Crippen LogP contribution in [0.25, 0.3) is 0 Å². The van der Waals surface area contributed by atoms with E-state index >= 15 is 0 Å². The molecule has 1 aromatic carbocycles. The first-order valence-electron chi connectivity index (χ1n) is 10.9. The van der Waals surface area contributed by atoms with Crippen LogP contribution < -0.4 is 10.2 Å². The van der Waals surface area contributed by atoms with E-state index in [0.29, 0.717) is 32.4 Å². The van der Waals surface area contributed by atoms with Gasteiger partial charge in [-0.1, -0.05) is 23.8 Å². The van der Waals surface area contributed by atoms with E-state index in [1.54, 1.807) is 16.2 Å². The van der Waals surface area contributed by atoms with Crippen molar-refractivity contribution in [2.75, 3.05) is 24.2 Å². The van der Waals surface area contributed by atoms with Crippen molar-refractivity contribution >= 4 is 38.9 Å². The average Bonchev–Trinajstić information content (AvgIpc) is 3.28. The third kappa shape index (κ3) is 4.89. The maximum atomic E-state index is 13.5. The van der Waals surface area contributed by atoms with Gasteiger partial charge in [0.05, 0.1) is 18.2 Å². The fraction of sp³-hybridized carbons (Fsp3) is 0.478. The number of carbonyl (C=O) groups is 2. The van der Waals surface area contributed by atoms with Gasteiger partial charge in [0.1, 0.15) is 0 Å². The quantitative estimate of drug-likeness (QED) is 0.720. The Morgan fingerprint density at radius 1 is 1.16 bits per heavy atom. The van der Waals surface area contributed by atoms with E-state index in [2.05, 4.69) is 5.32 Å². The van der Waals surface area contributed by atoms with Crippen molar-refractivity contribution in [3.8, 4) is 0 Å². The van der Waals surface area contributed by atoms with Crippen LogP contribution in [-0.4, -0.2) is 49.9 Å². The van der Waals surface area contributed by atoms with Crippen molar-refractivity contribution in [1.29, 1.82) is 0 Å². The molecule has 2 aliphatic heterocycles. The predicted molar refractivity (Wildman–Crippen MR) is 126 cm³/mol. The summed E-state index contributed by atoms with van der Waals surface area (Å²) in [6.07, 6.45) is 3.43. The van der Waals surface area contributed by atoms with Gasteiger partial charge in [0.2, 0.25) is 21.8 Å². The minimum atomic E-state index is -3.29. The Morgan fingerprint density at radius 2 is 1.91 bits per heavy atom. The number of nitrogens with one attached hydrogen (secondary N) is 1. The van der Waals surface area contributed by atoms with Crippen molar-refractivity contribution in [2.24, 2.45) is 5.92 Å². The Bertz CT molecular complexity index is 1070. The van der Waals surface area contributed by atoms with Gasteiger partial charge in [-0.2, -0.15) is 0 Å². The van der Waals surface area contributed by atoms with Gasteiger partial charge < -0.3 is 10.2 Å². The van der Waals surface area contributed by atoms with Crippen molar-refractivity contribution in [2.45, 2.75) is 44.7 Å². The standard InChI is InChI=1S/C23H29N3O4S2/c1-16-7-9-18(10-8-16)26-21(27)12-11-19(22(26)20-6-4-14-31-20)23(28)24-17-5-3-13-25(15-17)32(2,29)30/h4,6-10,14,17,19,22H,3,5,11-13,15H2,1-2H3,(H,24,28). The second kappa shape index (κ2) is 9.33. The van der Waals surface area contributed by atoms with Gasteiger partial charge in [0.25, 0.3) is 0 Å². The number of nitrogens with zero attached hydrogens (tertiary/aromatic N) is 2. The summed E-state index contributed by atoms with van der Waals surface area (Å²) in [6.45, 7) is 2.78. The van der Waals surface area contributed by atoms with Gasteiger partial charge in [0.15, 0.2) is 0 Å². The number of piperidine rings is 2. The molecule has 0 bridgehead atoms. The van der Waals surface area contributed by atoms with Crippen molar-refractivity contribution in [3.05, 3.63) is 52.2 Å². The first-order valence-corrected chi connectivity index (χ1v) is 13.6. The molecule has 3 unspecified atom stereocenters. The first-order chi connectivity index (χ1) is 15.2. The maximum absolute atomic E-state index is 13.5. The summed E-state index contributed by atoms with van der Waals surface area (Å²) in [6, 6.07) is 11.1. The summed E-state index contributed by atoms with van der Waals surface area (Å²) in [5, 5.41) is 5.06. The van der Waals surface area contributed by atoms with Gasteiger partial charge in [-0.15, -0.1) is 11.3 Å². The molecule has 0 radical (unpaired) electrons. The van der Waals surface area contributed by atoms with E-state index < -0.39 is 15.9 Å². The Morgan fingerprint density at radius 3 is 2.56 bits per heavy atom. The second-order valence-electron chi connectivity index (χ2n) is 8.67. The Labute approximate surface area is 193 Å². The zero-order valence-electron chi connectivity index (χ0n) is 18.4. The van der Waals surface area contributed by atoms with Gasteiger partial charge in [0, 0.05) is 36.1 Å². The van der Waals surface area contributed by atoms with Crippen LogP contribution in [0.4, 0.5) is 5.69 Å². The summed E-state index contributed by atoms with van der Waals surface area (Å²) in [7, 11) is -3.29. The highest BCUT2D eigenvalue weighted by molar-refractivity contribution is 7.88. The zero-order chi connectivity index (χ0) is 22.9. The number of benzene rings is 1. The molecule has 2 aliphatic rings. The van der Waals surface area contributed by atoms with E-state index in [1.165, 1.54) is 10.6 Å². The van der Waals surface area contributed by atoms with Gasteiger partial charge >= 0.3 is 0 Å². The lowest BCUT2D eigenvalue weighted by Gasteiger charge is -2.41. The van der Waals surface area contributed by atoms with Gasteiger partial charge in [-0.3, -0.25) is 9.59 Å². The smallest absolute Gasteiger partial charge is 0.227 e. The van der Waals surface area contributed by atoms with Crippen LogP contribution in [-0.2, 0) is 19.6 Å². The van der Waals surface area contributed by atoms with Crippen LogP contribution in [0.15, 0.2) is 41.8 Å². The van der Waals surface area contributed by atoms with E-state index in [-0.39, 0.29) is 23.9 Å². The zero-order valence-corrected chi connectivity index (χ0v) is 20.0. The number of anilines is 1. The second-order valence-corrected chi connectivity index (χ2v) is 11.6. The highest BCUT2D eigenvalue weighted by atomic mass is 32.2. The normalized spacial score (nSPS) is 25.0. The topological polar surface area (TPSA) is 86.8 Å². The van der Waals surface area contributed by atoms with Crippen LogP contribution in [0.1, 0.15) is 42.2 Å². The van der Waals surface area contributed by atoms with Crippen molar-refractivity contribution < 1.29 is 18.0 Å². The molecule has 7 nitrogen and oxygen atoms in total. The molecule has 2 fully saturated rings. The van der Waals surface area contributed by atoms with Crippen LogP contribution in [0, 0.1) is 12.8 Å². The molecular weight excluding hydrogens is 446 g/mol. The Balaban J connectivity index is 1.59. The average molecular weight is 476 g/mol. The lowest BCUT2D eigenvalue weighted by molar-refractivity contribution is -0.130. The lowest BCUT2D eigenvalue weighted by Crippen LogP contribution is -2.53. The molecule has 3 heterocycles. The molecule has 2 amide bonds. The number of hydrogen-bond donors (Lipinski definition) is 1. The largest absolute Gasteiger partial charge is 0.352 e. The summed E-state index contributed by atoms with van der Waals surface area (Å²) < 4.78 is 25.3. The third-order valence-corrected chi connectivity index (χ3v) is 8.49. The number of hydrogen-bond acceptors (Lipinski definition) is 5. The summed E-state index contributed by atoms with van der Waals surface area (Å²) in [5.74, 6) is -0.508. The molecular formula is C23H29N3O4S2. The molecule has 32 heavy (non-hydrogen) atoms. The monoisotopic (exact) mass is 475 g/mol. The van der Waals surface area contributed by atoms with Crippen LogP contribution >= 0.6 is 11.3 Å². The van der Waals surface area contributed by atoms with E-state index in [0.717, 1.165) is 22.5 Å². The van der Waals surface area contributed by atoms with Crippen LogP contribution in [0.5, 0.6) is 0 Å². The molecule has 0 saturated carbocycles. The lowest BCUT2D eigenvalue weighted by atomic mass is 9.86. The molecule has 0 aliphatic carbocycles. The Kier molecular flexibility index (Phi) is 6.69. The predicted octanol–water partition coefficient (Wildman–Crippen LogP) is 3.08. The molecule has 0 spiro atoms. The highest BCUT2D eigenvalue weighted by Gasteiger charge is 2.42. The molecule has 9 heteroatoms. The van der Waals surface area contributed by atoms with Gasteiger partial charge in [-0.25, -0.2) is 12.7 Å². The number of sulfonamides is 1. The number of aryl methyl sites for hydroxylation is 1. The first kappa shape index (κ1) is 22.9. The number of thiophene rings is 1. The van der Waals surface area contributed by atoms with E-state index in [1.807, 2.05) is 48.7 Å². The third-order valence-electron chi connectivity index (χ3n) is 6.28. The fourth-order valence-electron chi connectivity index (χ4n) is 4.63. The van der Waals surface area contributed by atoms with Crippen LogP contribution in [0.3, 0.4) is 0 Å². The molecule has 3 atom stereocenters. The Hall–Kier alpha value is -2.23. The van der Waals surface area contributed by atoms with Crippen molar-refractivity contribution in [1.82, 2.24) is 9.62 Å². The minimum absolute atomic E-state index is 0.0113. The number of carbonyl (C=O) groups excluding carboxylic acids is 2. The SMILES string of the molecule is Cc1ccc(N2C(=O)CCC(C(=O)NC3CCCN(S(C)(=O)=O)C3)C2c2cccs2)cc1. The summed E-state index contributed by atoms with van der Waals surface area (Å²) in [4.78, 5) is 29.2.